The molecule has 0 spiro atoms. The zero-order valence-corrected chi connectivity index (χ0v) is 17.7. The number of aryl methyl sites for hydroxylation is 1. The average Bonchev–Trinajstić information content (AvgIpc) is 3.19. The Hall–Kier alpha value is -3.05. The molecule has 3 N–H and O–H groups in total. The number of ether oxygens (including phenoxy) is 1. The lowest BCUT2D eigenvalue weighted by Crippen LogP contribution is -2.14. The Morgan fingerprint density at radius 2 is 2.10 bits per heavy atom. The number of nitrogens with zero attached hydrogens (tertiary/aromatic N) is 4. The van der Waals surface area contributed by atoms with Crippen LogP contribution in [0, 0.1) is 18.3 Å². The molecule has 31 heavy (non-hydrogen) atoms. The lowest BCUT2D eigenvalue weighted by Gasteiger charge is -2.20. The molecule has 1 saturated heterocycles. The zero-order valence-electron chi connectivity index (χ0n) is 17.7. The number of pyridine rings is 1. The molecule has 1 aliphatic heterocycles. The quantitative estimate of drug-likeness (QED) is 0.638. The van der Waals surface area contributed by atoms with E-state index >= 15 is 0 Å². The first-order valence-electron chi connectivity index (χ1n) is 10.6. The topological polar surface area (TPSA) is 110 Å². The van der Waals surface area contributed by atoms with Crippen LogP contribution in [0.5, 0.6) is 0 Å². The van der Waals surface area contributed by atoms with E-state index in [4.69, 9.17) is 15.5 Å². The van der Waals surface area contributed by atoms with Crippen molar-refractivity contribution in [3.63, 3.8) is 0 Å². The molecule has 1 aliphatic rings. The Kier molecular flexibility index (Phi) is 6.42. The number of benzene rings is 1. The fourth-order valence-electron chi connectivity index (χ4n) is 4.01. The van der Waals surface area contributed by atoms with Crippen LogP contribution >= 0.6 is 0 Å². The third-order valence-electron chi connectivity index (χ3n) is 5.88. The highest BCUT2D eigenvalue weighted by molar-refractivity contribution is 5.65. The van der Waals surface area contributed by atoms with E-state index in [1.807, 2.05) is 31.2 Å². The van der Waals surface area contributed by atoms with Crippen LogP contribution in [-0.4, -0.2) is 39.4 Å². The van der Waals surface area contributed by atoms with Gasteiger partial charge < -0.3 is 20.1 Å². The first kappa shape index (κ1) is 21.2. The minimum absolute atomic E-state index is 0.151. The fraction of sp³-hybridized carbons (Fsp3) is 0.375. The van der Waals surface area contributed by atoms with Crippen LogP contribution in [0.1, 0.15) is 53.1 Å². The average molecular weight is 418 g/mol. The number of aliphatic hydroxyl groups is 1. The van der Waals surface area contributed by atoms with Crippen LogP contribution in [0.2, 0.25) is 0 Å². The van der Waals surface area contributed by atoms with Gasteiger partial charge in [0.1, 0.15) is 5.82 Å². The van der Waals surface area contributed by atoms with Gasteiger partial charge in [-0.05, 0) is 43.5 Å². The Balaban J connectivity index is 1.65. The summed E-state index contributed by atoms with van der Waals surface area (Å²) in [6.45, 7) is 4.33. The van der Waals surface area contributed by atoms with Gasteiger partial charge in [-0.15, -0.1) is 0 Å². The van der Waals surface area contributed by atoms with Crippen LogP contribution in [0.15, 0.2) is 42.7 Å². The number of hydrogen-bond acceptors (Lipinski definition) is 6. The van der Waals surface area contributed by atoms with E-state index in [9.17, 15) is 10.4 Å². The zero-order chi connectivity index (χ0) is 21.8. The minimum atomic E-state index is -0.723. The standard InChI is InChI=1S/C24H27N5O2/c1-16-28-23(18-6-8-31-9-7-18)15-29(16)14-20-10-17(11-25)2-4-21(20)22-5-3-19(13-27-22)24(30)12-26/h2-5,10,13,15,18,24,30H,6-9,12,14,26H2,1H3. The fourth-order valence-corrected chi connectivity index (χ4v) is 4.01. The van der Waals surface area contributed by atoms with E-state index in [2.05, 4.69) is 21.8 Å². The molecule has 3 aromatic rings. The van der Waals surface area contributed by atoms with Gasteiger partial charge in [-0.25, -0.2) is 4.98 Å². The van der Waals surface area contributed by atoms with E-state index < -0.39 is 6.10 Å². The summed E-state index contributed by atoms with van der Waals surface area (Å²) in [6.07, 6.45) is 5.05. The van der Waals surface area contributed by atoms with Gasteiger partial charge in [-0.3, -0.25) is 4.98 Å². The maximum atomic E-state index is 9.93. The smallest absolute Gasteiger partial charge is 0.106 e. The second-order valence-electron chi connectivity index (χ2n) is 7.94. The number of imidazole rings is 1. The van der Waals surface area contributed by atoms with Gasteiger partial charge in [-0.2, -0.15) is 5.26 Å². The molecule has 3 heterocycles. The van der Waals surface area contributed by atoms with E-state index in [0.29, 0.717) is 23.6 Å². The lowest BCUT2D eigenvalue weighted by molar-refractivity contribution is 0.0845. The van der Waals surface area contributed by atoms with Gasteiger partial charge in [-0.1, -0.05) is 12.1 Å². The second kappa shape index (κ2) is 9.40. The van der Waals surface area contributed by atoms with Crippen molar-refractivity contribution in [1.29, 1.82) is 5.26 Å². The molecule has 1 aromatic carbocycles. The van der Waals surface area contributed by atoms with Crippen molar-refractivity contribution < 1.29 is 9.84 Å². The maximum absolute atomic E-state index is 9.93. The summed E-state index contributed by atoms with van der Waals surface area (Å²) >= 11 is 0. The van der Waals surface area contributed by atoms with Gasteiger partial charge in [0, 0.05) is 55.7 Å². The third-order valence-corrected chi connectivity index (χ3v) is 5.88. The molecule has 0 aliphatic carbocycles. The Morgan fingerprint density at radius 1 is 1.29 bits per heavy atom. The van der Waals surface area contributed by atoms with E-state index in [0.717, 1.165) is 54.4 Å². The van der Waals surface area contributed by atoms with Crippen molar-refractivity contribution in [3.8, 4) is 17.3 Å². The molecular weight excluding hydrogens is 390 g/mol. The molecule has 1 atom stereocenters. The van der Waals surface area contributed by atoms with Crippen molar-refractivity contribution in [3.05, 3.63) is 70.9 Å². The highest BCUT2D eigenvalue weighted by Crippen LogP contribution is 2.28. The maximum Gasteiger partial charge on any atom is 0.106 e. The van der Waals surface area contributed by atoms with E-state index in [1.54, 1.807) is 12.3 Å². The third kappa shape index (κ3) is 4.67. The lowest BCUT2D eigenvalue weighted by atomic mass is 9.97. The van der Waals surface area contributed by atoms with Crippen molar-refractivity contribution >= 4 is 0 Å². The molecule has 160 valence electrons. The summed E-state index contributed by atoms with van der Waals surface area (Å²) in [6, 6.07) is 11.6. The van der Waals surface area contributed by atoms with Crippen molar-refractivity contribution in [2.75, 3.05) is 19.8 Å². The predicted molar refractivity (Wildman–Crippen MR) is 117 cm³/mol. The molecule has 0 saturated carbocycles. The predicted octanol–water partition coefficient (Wildman–Crippen LogP) is 3.06. The van der Waals surface area contributed by atoms with Crippen molar-refractivity contribution in [1.82, 2.24) is 14.5 Å². The van der Waals surface area contributed by atoms with Crippen molar-refractivity contribution in [2.24, 2.45) is 5.73 Å². The first-order valence-corrected chi connectivity index (χ1v) is 10.6. The van der Waals surface area contributed by atoms with E-state index in [-0.39, 0.29) is 6.54 Å². The van der Waals surface area contributed by atoms with Gasteiger partial charge in [0.25, 0.3) is 0 Å². The van der Waals surface area contributed by atoms with Crippen molar-refractivity contribution in [2.45, 2.75) is 38.3 Å². The molecule has 1 fully saturated rings. The summed E-state index contributed by atoms with van der Waals surface area (Å²) in [7, 11) is 0. The van der Waals surface area contributed by atoms with E-state index in [1.165, 1.54) is 0 Å². The van der Waals surface area contributed by atoms with Crippen LogP contribution < -0.4 is 5.73 Å². The number of nitrogens with two attached hydrogens (primary N) is 1. The Labute approximate surface area is 182 Å². The summed E-state index contributed by atoms with van der Waals surface area (Å²) in [5, 5.41) is 19.3. The van der Waals surface area contributed by atoms with Gasteiger partial charge in [0.15, 0.2) is 0 Å². The molecule has 2 aromatic heterocycles. The molecule has 0 bridgehead atoms. The van der Waals surface area contributed by atoms with Gasteiger partial charge in [0.05, 0.1) is 29.1 Å². The molecule has 4 rings (SSSR count). The highest BCUT2D eigenvalue weighted by Gasteiger charge is 2.20. The second-order valence-corrected chi connectivity index (χ2v) is 7.94. The van der Waals surface area contributed by atoms with Crippen LogP contribution in [0.3, 0.4) is 0 Å². The number of rotatable bonds is 6. The number of nitriles is 1. The van der Waals surface area contributed by atoms with Crippen LogP contribution in [0.4, 0.5) is 0 Å². The summed E-state index contributed by atoms with van der Waals surface area (Å²) < 4.78 is 7.62. The molecule has 7 heteroatoms. The highest BCUT2D eigenvalue weighted by atomic mass is 16.5. The molecule has 7 nitrogen and oxygen atoms in total. The number of aromatic nitrogens is 3. The summed E-state index contributed by atoms with van der Waals surface area (Å²) in [5.41, 5.74) is 10.7. The number of hydrogen-bond donors (Lipinski definition) is 2. The number of aliphatic hydroxyl groups excluding tert-OH is 1. The SMILES string of the molecule is Cc1nc(C2CCOCC2)cn1Cc1cc(C#N)ccc1-c1ccc(C(O)CN)cn1. The summed E-state index contributed by atoms with van der Waals surface area (Å²) in [4.78, 5) is 9.34. The molecule has 0 amide bonds. The minimum Gasteiger partial charge on any atom is -0.387 e. The Morgan fingerprint density at radius 3 is 2.77 bits per heavy atom. The monoisotopic (exact) mass is 417 g/mol. The molecule has 1 unspecified atom stereocenters. The van der Waals surface area contributed by atoms with Crippen LogP contribution in [-0.2, 0) is 11.3 Å². The molecule has 0 radical (unpaired) electrons. The first-order chi connectivity index (χ1) is 15.1. The summed E-state index contributed by atoms with van der Waals surface area (Å²) in [5.74, 6) is 1.38. The largest absolute Gasteiger partial charge is 0.387 e. The normalized spacial score (nSPS) is 15.5. The van der Waals surface area contributed by atoms with Gasteiger partial charge >= 0.3 is 0 Å². The molecular formula is C24H27N5O2. The Bertz CT molecular complexity index is 1080. The van der Waals surface area contributed by atoms with Gasteiger partial charge in [0.2, 0.25) is 0 Å². The van der Waals surface area contributed by atoms with Crippen LogP contribution in [0.25, 0.3) is 11.3 Å².